The van der Waals surface area contributed by atoms with Gasteiger partial charge in [0.2, 0.25) is 0 Å². The number of carbonyl (C=O) groups excluding carboxylic acids is 1. The SMILES string of the molecule is Cn1nc2c(c1-c1cc(F)cc(F)c1)CC1CCCC2N1C(=O)c1cn(CCC(F)(F)F)nc1C1CC1. The zero-order valence-electron chi connectivity index (χ0n) is 20.2. The smallest absolute Gasteiger partial charge is 0.327 e. The van der Waals surface area contributed by atoms with Crippen LogP contribution in [0.4, 0.5) is 22.0 Å². The van der Waals surface area contributed by atoms with Crippen LogP contribution >= 0.6 is 0 Å². The molecule has 0 N–H and O–H groups in total. The average molecular weight is 520 g/mol. The molecule has 2 unspecified atom stereocenters. The van der Waals surface area contributed by atoms with E-state index in [0.717, 1.165) is 37.3 Å². The van der Waals surface area contributed by atoms with Crippen molar-refractivity contribution in [2.45, 2.75) is 75.7 Å². The second kappa shape index (κ2) is 8.66. The third-order valence-corrected chi connectivity index (χ3v) is 7.66. The van der Waals surface area contributed by atoms with Crippen molar-refractivity contribution < 1.29 is 26.7 Å². The van der Waals surface area contributed by atoms with E-state index in [4.69, 9.17) is 5.10 Å². The molecule has 1 aliphatic carbocycles. The van der Waals surface area contributed by atoms with Crippen LogP contribution in [0.1, 0.15) is 77.8 Å². The Balaban J connectivity index is 1.36. The number of hydrogen-bond acceptors (Lipinski definition) is 3. The van der Waals surface area contributed by atoms with Crippen molar-refractivity contribution in [1.29, 1.82) is 0 Å². The van der Waals surface area contributed by atoms with Gasteiger partial charge >= 0.3 is 6.18 Å². The summed E-state index contributed by atoms with van der Waals surface area (Å²) >= 11 is 0. The molecule has 0 spiro atoms. The number of nitrogens with zero attached hydrogens (tertiary/aromatic N) is 5. The van der Waals surface area contributed by atoms with Gasteiger partial charge < -0.3 is 4.90 Å². The molecule has 196 valence electrons. The van der Waals surface area contributed by atoms with Crippen molar-refractivity contribution in [3.63, 3.8) is 0 Å². The van der Waals surface area contributed by atoms with Crippen LogP contribution in [-0.2, 0) is 20.0 Å². The van der Waals surface area contributed by atoms with Crippen LogP contribution in [0.25, 0.3) is 11.3 Å². The molecule has 1 saturated heterocycles. The molecule has 3 aliphatic rings. The van der Waals surface area contributed by atoms with E-state index in [1.807, 2.05) is 4.90 Å². The van der Waals surface area contributed by atoms with Gasteiger partial charge in [-0.25, -0.2) is 8.78 Å². The maximum atomic E-state index is 14.0. The largest absolute Gasteiger partial charge is 0.390 e. The maximum absolute atomic E-state index is 14.0. The van der Waals surface area contributed by atoms with Crippen molar-refractivity contribution in [2.24, 2.45) is 7.05 Å². The first-order valence-corrected chi connectivity index (χ1v) is 12.6. The zero-order chi connectivity index (χ0) is 26.1. The van der Waals surface area contributed by atoms with E-state index >= 15 is 0 Å². The number of rotatable bonds is 5. The molecule has 2 atom stereocenters. The van der Waals surface area contributed by atoms with Crippen LogP contribution in [-0.4, -0.2) is 42.6 Å². The van der Waals surface area contributed by atoms with Crippen LogP contribution in [0.15, 0.2) is 24.4 Å². The van der Waals surface area contributed by atoms with Crippen LogP contribution in [0.5, 0.6) is 0 Å². The van der Waals surface area contributed by atoms with Crippen LogP contribution in [0, 0.1) is 11.6 Å². The summed E-state index contributed by atoms with van der Waals surface area (Å²) in [6, 6.07) is 2.92. The Labute approximate surface area is 210 Å². The summed E-state index contributed by atoms with van der Waals surface area (Å²) in [6.07, 6.45) is 0.701. The number of piperidine rings is 1. The Hall–Kier alpha value is -3.24. The highest BCUT2D eigenvalue weighted by Crippen LogP contribution is 2.47. The second-order valence-corrected chi connectivity index (χ2v) is 10.3. The molecule has 2 bridgehead atoms. The Bertz CT molecular complexity index is 1350. The number of amides is 1. The van der Waals surface area contributed by atoms with Gasteiger partial charge in [-0.1, -0.05) is 0 Å². The summed E-state index contributed by atoms with van der Waals surface area (Å²) in [4.78, 5) is 15.8. The Kier molecular flexibility index (Phi) is 5.65. The molecule has 2 aliphatic heterocycles. The minimum Gasteiger partial charge on any atom is -0.327 e. The first-order chi connectivity index (χ1) is 17.6. The summed E-state index contributed by atoms with van der Waals surface area (Å²) in [5.41, 5.74) is 3.57. The van der Waals surface area contributed by atoms with E-state index in [1.54, 1.807) is 11.7 Å². The molecule has 1 saturated carbocycles. The lowest BCUT2D eigenvalue weighted by Crippen LogP contribution is -2.50. The van der Waals surface area contributed by atoms with Gasteiger partial charge in [0.15, 0.2) is 0 Å². The van der Waals surface area contributed by atoms with Crippen molar-refractivity contribution in [3.8, 4) is 11.3 Å². The second-order valence-electron chi connectivity index (χ2n) is 10.3. The van der Waals surface area contributed by atoms with E-state index in [0.29, 0.717) is 41.1 Å². The molecular weight excluding hydrogens is 493 g/mol. The number of fused-ring (bicyclic) bond motifs is 4. The highest BCUT2D eigenvalue weighted by atomic mass is 19.4. The normalized spacial score (nSPS) is 21.3. The van der Waals surface area contributed by atoms with Crippen molar-refractivity contribution in [1.82, 2.24) is 24.5 Å². The molecule has 6 rings (SSSR count). The van der Waals surface area contributed by atoms with Gasteiger partial charge in [-0.2, -0.15) is 23.4 Å². The van der Waals surface area contributed by atoms with Crippen LogP contribution < -0.4 is 0 Å². The first kappa shape index (κ1) is 24.1. The number of alkyl halides is 3. The number of halogens is 5. The summed E-state index contributed by atoms with van der Waals surface area (Å²) in [5, 5.41) is 9.08. The van der Waals surface area contributed by atoms with Gasteiger partial charge in [0.1, 0.15) is 11.6 Å². The predicted octanol–water partition coefficient (Wildman–Crippen LogP) is 5.68. The quantitative estimate of drug-likeness (QED) is 0.408. The van der Waals surface area contributed by atoms with Gasteiger partial charge in [-0.05, 0) is 50.7 Å². The zero-order valence-corrected chi connectivity index (χ0v) is 20.2. The van der Waals surface area contributed by atoms with E-state index in [2.05, 4.69) is 5.10 Å². The Morgan fingerprint density at radius 2 is 1.76 bits per heavy atom. The molecule has 2 aromatic heterocycles. The molecule has 0 radical (unpaired) electrons. The molecule has 4 heterocycles. The summed E-state index contributed by atoms with van der Waals surface area (Å²) in [7, 11) is 1.72. The number of carbonyl (C=O) groups is 1. The lowest BCUT2D eigenvalue weighted by molar-refractivity contribution is -0.137. The van der Waals surface area contributed by atoms with Gasteiger partial charge in [0, 0.05) is 48.9 Å². The number of hydrogen-bond donors (Lipinski definition) is 0. The van der Waals surface area contributed by atoms with Gasteiger partial charge in [0.05, 0.1) is 35.1 Å². The monoisotopic (exact) mass is 519 g/mol. The summed E-state index contributed by atoms with van der Waals surface area (Å²) in [5.74, 6) is -1.49. The fraction of sp³-hybridized carbons (Fsp3) is 0.500. The van der Waals surface area contributed by atoms with Crippen LogP contribution in [0.3, 0.4) is 0 Å². The highest BCUT2D eigenvalue weighted by molar-refractivity contribution is 5.96. The lowest BCUT2D eigenvalue weighted by Gasteiger charge is -2.45. The summed E-state index contributed by atoms with van der Waals surface area (Å²) < 4.78 is 69.3. The van der Waals surface area contributed by atoms with Crippen LogP contribution in [0.2, 0.25) is 0 Å². The molecule has 6 nitrogen and oxygen atoms in total. The highest BCUT2D eigenvalue weighted by Gasteiger charge is 2.45. The fourth-order valence-corrected chi connectivity index (χ4v) is 5.95. The maximum Gasteiger partial charge on any atom is 0.390 e. The summed E-state index contributed by atoms with van der Waals surface area (Å²) in [6.45, 7) is -0.332. The van der Waals surface area contributed by atoms with Crippen molar-refractivity contribution >= 4 is 5.91 Å². The predicted molar refractivity (Wildman–Crippen MR) is 124 cm³/mol. The number of benzene rings is 1. The van der Waals surface area contributed by atoms with Crippen molar-refractivity contribution in [2.75, 3.05) is 0 Å². The van der Waals surface area contributed by atoms with E-state index in [9.17, 15) is 26.7 Å². The van der Waals surface area contributed by atoms with E-state index < -0.39 is 24.2 Å². The average Bonchev–Trinajstić information content (AvgIpc) is 3.48. The number of aromatic nitrogens is 4. The standard InChI is InChI=1S/C26H26F5N5O/c1-34-24(15-9-16(27)11-17(28)10-15)19-12-18-3-2-4-21(23(19)32-34)36(18)25(37)20-13-35(8-7-26(29,30)31)33-22(20)14-5-6-14/h9-11,13-14,18,21H,2-8,12H2,1H3. The molecule has 11 heteroatoms. The van der Waals surface area contributed by atoms with Crippen molar-refractivity contribution in [3.05, 3.63) is 58.5 Å². The molecule has 2 fully saturated rings. The van der Waals surface area contributed by atoms with Gasteiger partial charge in [-0.15, -0.1) is 0 Å². The third kappa shape index (κ3) is 4.42. The van der Waals surface area contributed by atoms with E-state index in [-0.39, 0.29) is 30.5 Å². The molecular formula is C26H26F5N5O. The molecule has 3 aromatic rings. The number of aryl methyl sites for hydroxylation is 2. The van der Waals surface area contributed by atoms with E-state index in [1.165, 1.54) is 23.0 Å². The topological polar surface area (TPSA) is 56.0 Å². The van der Waals surface area contributed by atoms with Gasteiger partial charge in [-0.3, -0.25) is 14.2 Å². The minimum atomic E-state index is -4.31. The lowest BCUT2D eigenvalue weighted by atomic mass is 9.81. The Morgan fingerprint density at radius 1 is 1.03 bits per heavy atom. The Morgan fingerprint density at radius 3 is 2.43 bits per heavy atom. The molecule has 37 heavy (non-hydrogen) atoms. The first-order valence-electron chi connectivity index (χ1n) is 12.6. The third-order valence-electron chi connectivity index (χ3n) is 7.66. The fourth-order valence-electron chi connectivity index (χ4n) is 5.95. The minimum absolute atomic E-state index is 0.0932. The molecule has 1 amide bonds. The van der Waals surface area contributed by atoms with Gasteiger partial charge in [0.25, 0.3) is 5.91 Å². The molecule has 1 aromatic carbocycles.